The summed E-state index contributed by atoms with van der Waals surface area (Å²) in [6, 6.07) is 5.03. The van der Waals surface area contributed by atoms with Crippen molar-refractivity contribution >= 4 is 23.2 Å². The first kappa shape index (κ1) is 17.2. The number of benzene rings is 1. The lowest BCUT2D eigenvalue weighted by molar-refractivity contribution is -0.0972. The molecule has 4 nitrogen and oxygen atoms in total. The number of urea groups is 1. The number of nitrogens with one attached hydrogen (secondary N) is 2. The smallest absolute Gasteiger partial charge is 0.327 e. The molecule has 1 aromatic carbocycles. The van der Waals surface area contributed by atoms with Gasteiger partial charge in [-0.05, 0) is 29.1 Å². The van der Waals surface area contributed by atoms with Gasteiger partial charge in [-0.1, -0.05) is 18.2 Å². The second kappa shape index (κ2) is 6.32. The molecule has 0 aliphatic carbocycles. The number of thiophene rings is 1. The van der Waals surface area contributed by atoms with Crippen molar-refractivity contribution in [1.29, 1.82) is 0 Å². The average Bonchev–Trinajstić information content (AvgIpc) is 3.08. The van der Waals surface area contributed by atoms with Gasteiger partial charge in [-0.15, -0.1) is 11.3 Å². The topological polar surface area (TPSA) is 58.2 Å². The number of allylic oxidation sites excluding steroid dienone is 1. The molecule has 0 radical (unpaired) electrons. The van der Waals surface area contributed by atoms with E-state index in [1.165, 1.54) is 24.3 Å². The normalized spacial score (nSPS) is 17.9. The van der Waals surface area contributed by atoms with Gasteiger partial charge in [0.25, 0.3) is 0 Å². The van der Waals surface area contributed by atoms with Gasteiger partial charge >= 0.3 is 12.2 Å². The molecule has 9 heteroatoms. The average molecular weight is 370 g/mol. The van der Waals surface area contributed by atoms with Gasteiger partial charge in [0.15, 0.2) is 0 Å². The Balaban J connectivity index is 2.18. The summed E-state index contributed by atoms with van der Waals surface area (Å²) in [5.41, 5.74) is -1.89. The lowest BCUT2D eigenvalue weighted by Crippen LogP contribution is -2.49. The number of alkyl halides is 3. The predicted octanol–water partition coefficient (Wildman–Crippen LogP) is 3.94. The van der Waals surface area contributed by atoms with Gasteiger partial charge in [0.2, 0.25) is 5.78 Å². The standard InChI is InChI=1S/C16H10F4N2O2S/c17-9-5-3-8(4-6-9)12-11(13(23)10-2-1-7-25-10)14(16(18,19)20)22-15(24)21-12/h1-7,12H,(H2,21,22,24). The molecule has 1 aliphatic rings. The molecule has 1 aromatic heterocycles. The zero-order chi connectivity index (χ0) is 18.2. The molecule has 2 aromatic rings. The molecule has 1 atom stereocenters. The van der Waals surface area contributed by atoms with Gasteiger partial charge in [-0.3, -0.25) is 4.79 Å². The number of ketones is 1. The van der Waals surface area contributed by atoms with E-state index in [-0.39, 0.29) is 10.4 Å². The maximum Gasteiger partial charge on any atom is 0.431 e. The monoisotopic (exact) mass is 370 g/mol. The molecule has 3 rings (SSSR count). The molecule has 0 fully saturated rings. The van der Waals surface area contributed by atoms with Gasteiger partial charge < -0.3 is 10.6 Å². The molecule has 130 valence electrons. The predicted molar refractivity (Wildman–Crippen MR) is 82.5 cm³/mol. The van der Waals surface area contributed by atoms with Crippen LogP contribution in [0.5, 0.6) is 0 Å². The Morgan fingerprint density at radius 2 is 1.80 bits per heavy atom. The number of hydrogen-bond acceptors (Lipinski definition) is 3. The molecule has 1 aliphatic heterocycles. The fourth-order valence-corrected chi connectivity index (χ4v) is 3.16. The Bertz CT molecular complexity index is 842. The van der Waals surface area contributed by atoms with Crippen molar-refractivity contribution in [2.45, 2.75) is 12.2 Å². The van der Waals surface area contributed by atoms with Crippen LogP contribution in [0.1, 0.15) is 21.3 Å². The largest absolute Gasteiger partial charge is 0.431 e. The maximum absolute atomic E-state index is 13.4. The van der Waals surface area contributed by atoms with E-state index in [0.717, 1.165) is 23.5 Å². The highest BCUT2D eigenvalue weighted by Gasteiger charge is 2.45. The summed E-state index contributed by atoms with van der Waals surface area (Å²) in [6.45, 7) is 0. The minimum absolute atomic E-state index is 0.0989. The van der Waals surface area contributed by atoms with Crippen LogP contribution < -0.4 is 10.6 Å². The number of amides is 2. The highest BCUT2D eigenvalue weighted by Crippen LogP contribution is 2.37. The van der Waals surface area contributed by atoms with Crippen molar-refractivity contribution in [2.75, 3.05) is 0 Å². The summed E-state index contributed by atoms with van der Waals surface area (Å²) >= 11 is 0.986. The zero-order valence-electron chi connectivity index (χ0n) is 12.4. The SMILES string of the molecule is O=C1NC(C(F)(F)F)=C(C(=O)c2cccs2)C(c2ccc(F)cc2)N1. The van der Waals surface area contributed by atoms with Crippen molar-refractivity contribution in [3.05, 3.63) is 69.3 Å². The van der Waals surface area contributed by atoms with Crippen LogP contribution in [-0.2, 0) is 0 Å². The molecule has 0 saturated heterocycles. The molecule has 1 unspecified atom stereocenters. The summed E-state index contributed by atoms with van der Waals surface area (Å²) in [5, 5.41) is 5.53. The Hall–Kier alpha value is -2.68. The zero-order valence-corrected chi connectivity index (χ0v) is 13.2. The molecular formula is C16H10F4N2O2S. The van der Waals surface area contributed by atoms with Crippen molar-refractivity contribution < 1.29 is 27.2 Å². The van der Waals surface area contributed by atoms with E-state index in [2.05, 4.69) is 5.32 Å². The molecular weight excluding hydrogens is 360 g/mol. The first-order valence-corrected chi connectivity index (χ1v) is 7.88. The van der Waals surface area contributed by atoms with Crippen molar-refractivity contribution in [3.63, 3.8) is 0 Å². The fourth-order valence-electron chi connectivity index (χ4n) is 2.48. The van der Waals surface area contributed by atoms with Gasteiger partial charge in [0.05, 0.1) is 16.5 Å². The number of hydrogen-bond donors (Lipinski definition) is 2. The third-order valence-corrected chi connectivity index (χ3v) is 4.42. The van der Waals surface area contributed by atoms with Crippen LogP contribution in [0.15, 0.2) is 53.0 Å². The first-order valence-electron chi connectivity index (χ1n) is 7.00. The minimum Gasteiger partial charge on any atom is -0.327 e. The number of carbonyl (C=O) groups is 2. The van der Waals surface area contributed by atoms with Crippen molar-refractivity contribution in [1.82, 2.24) is 10.6 Å². The van der Waals surface area contributed by atoms with Crippen molar-refractivity contribution in [3.8, 4) is 0 Å². The quantitative estimate of drug-likeness (QED) is 0.635. The van der Waals surface area contributed by atoms with Crippen LogP contribution in [0.4, 0.5) is 22.4 Å². The Morgan fingerprint density at radius 1 is 1.12 bits per heavy atom. The molecule has 2 amide bonds. The highest BCUT2D eigenvalue weighted by molar-refractivity contribution is 7.12. The number of rotatable bonds is 3. The van der Waals surface area contributed by atoms with Crippen LogP contribution in [-0.4, -0.2) is 18.0 Å². The van der Waals surface area contributed by atoms with E-state index < -0.39 is 41.1 Å². The van der Waals surface area contributed by atoms with E-state index in [1.54, 1.807) is 10.7 Å². The second-order valence-electron chi connectivity index (χ2n) is 5.18. The van der Waals surface area contributed by atoms with Crippen LogP contribution in [0.2, 0.25) is 0 Å². The molecule has 0 saturated carbocycles. The van der Waals surface area contributed by atoms with Gasteiger partial charge in [0, 0.05) is 0 Å². The molecule has 0 spiro atoms. The molecule has 25 heavy (non-hydrogen) atoms. The summed E-state index contributed by atoms with van der Waals surface area (Å²) in [6.07, 6.45) is -4.93. The van der Waals surface area contributed by atoms with E-state index in [1.807, 2.05) is 0 Å². The number of carbonyl (C=O) groups excluding carboxylic acids is 2. The van der Waals surface area contributed by atoms with Crippen molar-refractivity contribution in [2.24, 2.45) is 0 Å². The van der Waals surface area contributed by atoms with E-state index in [0.29, 0.717) is 0 Å². The Labute approximate surface area is 143 Å². The second-order valence-corrected chi connectivity index (χ2v) is 6.12. The van der Waals surface area contributed by atoms with E-state index in [9.17, 15) is 27.2 Å². The third-order valence-electron chi connectivity index (χ3n) is 3.55. The van der Waals surface area contributed by atoms with Crippen LogP contribution in [0, 0.1) is 5.82 Å². The van der Waals surface area contributed by atoms with Crippen LogP contribution in [0.3, 0.4) is 0 Å². The first-order chi connectivity index (χ1) is 11.8. The number of Topliss-reactive ketones (excluding diaryl/α,β-unsaturated/α-hetero) is 1. The van der Waals surface area contributed by atoms with E-state index in [4.69, 9.17) is 0 Å². The summed E-state index contributed by atoms with van der Waals surface area (Å²) in [5.74, 6) is -1.45. The molecule has 2 heterocycles. The summed E-state index contributed by atoms with van der Waals surface area (Å²) < 4.78 is 53.4. The maximum atomic E-state index is 13.4. The molecule has 0 bridgehead atoms. The highest BCUT2D eigenvalue weighted by atomic mass is 32.1. The van der Waals surface area contributed by atoms with E-state index >= 15 is 0 Å². The van der Waals surface area contributed by atoms with Gasteiger partial charge in [-0.2, -0.15) is 13.2 Å². The van der Waals surface area contributed by atoms with Crippen LogP contribution in [0.25, 0.3) is 0 Å². The lowest BCUT2D eigenvalue weighted by atomic mass is 9.91. The lowest BCUT2D eigenvalue weighted by Gasteiger charge is -2.30. The summed E-state index contributed by atoms with van der Waals surface area (Å²) in [7, 11) is 0. The van der Waals surface area contributed by atoms with Gasteiger partial charge in [0.1, 0.15) is 11.5 Å². The summed E-state index contributed by atoms with van der Waals surface area (Å²) in [4.78, 5) is 24.4. The molecule has 2 N–H and O–H groups in total. The Kier molecular flexibility index (Phi) is 4.34. The fraction of sp³-hybridized carbons (Fsp3) is 0.125. The Morgan fingerprint density at radius 3 is 2.36 bits per heavy atom. The number of halogens is 4. The van der Waals surface area contributed by atoms with Crippen LogP contribution >= 0.6 is 11.3 Å². The van der Waals surface area contributed by atoms with Gasteiger partial charge in [-0.25, -0.2) is 9.18 Å². The third kappa shape index (κ3) is 3.41. The minimum atomic E-state index is -4.93.